The molecule has 1 aromatic heterocycles. The third-order valence-electron chi connectivity index (χ3n) is 3.73. The quantitative estimate of drug-likeness (QED) is 0.678. The molecule has 2 heteroatoms. The fourth-order valence-corrected chi connectivity index (χ4v) is 2.55. The summed E-state index contributed by atoms with van der Waals surface area (Å²) in [6, 6.07) is 16.3. The van der Waals surface area contributed by atoms with Crippen LogP contribution in [0.5, 0.6) is 0 Å². The lowest BCUT2D eigenvalue weighted by Crippen LogP contribution is -1.88. The van der Waals surface area contributed by atoms with Gasteiger partial charge in [0, 0.05) is 16.5 Å². The van der Waals surface area contributed by atoms with E-state index in [-0.39, 0.29) is 0 Å². The number of carbonyl (C=O) groups excluding carboxylic acids is 1. The number of H-pyrrole nitrogens is 1. The largest absolute Gasteiger partial charge is 0.354 e. The van der Waals surface area contributed by atoms with E-state index in [9.17, 15) is 4.79 Å². The second-order valence-electron chi connectivity index (χ2n) is 5.35. The zero-order valence-corrected chi connectivity index (χ0v) is 11.7. The second kappa shape index (κ2) is 4.97. The number of hydrogen-bond donors (Lipinski definition) is 1. The zero-order valence-electron chi connectivity index (χ0n) is 11.7. The molecule has 0 amide bonds. The summed E-state index contributed by atoms with van der Waals surface area (Å²) in [4.78, 5) is 14.8. The van der Waals surface area contributed by atoms with Crippen molar-refractivity contribution in [1.29, 1.82) is 0 Å². The number of aldehydes is 1. The third kappa shape index (κ3) is 2.03. The van der Waals surface area contributed by atoms with Crippen LogP contribution < -0.4 is 0 Å². The molecule has 2 aromatic carbocycles. The fraction of sp³-hybridized carbons (Fsp3) is 0.167. The molecule has 0 unspecified atom stereocenters. The van der Waals surface area contributed by atoms with Gasteiger partial charge in [0.2, 0.25) is 0 Å². The van der Waals surface area contributed by atoms with Gasteiger partial charge in [-0.05, 0) is 23.1 Å². The van der Waals surface area contributed by atoms with E-state index >= 15 is 0 Å². The average molecular weight is 263 g/mol. The number of rotatable bonds is 3. The van der Waals surface area contributed by atoms with Gasteiger partial charge in [-0.2, -0.15) is 0 Å². The van der Waals surface area contributed by atoms with Crippen molar-refractivity contribution >= 4 is 17.2 Å². The molecule has 1 N–H and O–H groups in total. The van der Waals surface area contributed by atoms with Crippen molar-refractivity contribution in [2.75, 3.05) is 0 Å². The predicted octanol–water partition coefficient (Wildman–Crippen LogP) is 4.77. The Hall–Kier alpha value is -2.35. The summed E-state index contributed by atoms with van der Waals surface area (Å²) in [6.45, 7) is 4.35. The van der Waals surface area contributed by atoms with Crippen LogP contribution in [-0.2, 0) is 0 Å². The number of nitrogens with one attached hydrogen (secondary N) is 1. The SMILES string of the molecule is CC(C)c1ccc(-c2[nH]c3ccccc3c2C=O)cc1. The van der Waals surface area contributed by atoms with E-state index < -0.39 is 0 Å². The highest BCUT2D eigenvalue weighted by atomic mass is 16.1. The van der Waals surface area contributed by atoms with Crippen LogP contribution >= 0.6 is 0 Å². The molecule has 0 spiro atoms. The molecule has 0 radical (unpaired) electrons. The molecule has 1 heterocycles. The Morgan fingerprint density at radius 1 is 1.00 bits per heavy atom. The summed E-state index contributed by atoms with van der Waals surface area (Å²) in [6.07, 6.45) is 0.935. The highest BCUT2D eigenvalue weighted by Gasteiger charge is 2.12. The molecule has 0 saturated carbocycles. The summed E-state index contributed by atoms with van der Waals surface area (Å²) in [7, 11) is 0. The van der Waals surface area contributed by atoms with Crippen molar-refractivity contribution in [2.24, 2.45) is 0 Å². The smallest absolute Gasteiger partial charge is 0.152 e. The van der Waals surface area contributed by atoms with E-state index in [0.717, 1.165) is 34.0 Å². The lowest BCUT2D eigenvalue weighted by atomic mass is 9.99. The van der Waals surface area contributed by atoms with E-state index in [2.05, 4.69) is 43.1 Å². The first-order chi connectivity index (χ1) is 9.70. The highest BCUT2D eigenvalue weighted by molar-refractivity contribution is 6.04. The molecule has 0 atom stereocenters. The summed E-state index contributed by atoms with van der Waals surface area (Å²) < 4.78 is 0. The summed E-state index contributed by atoms with van der Waals surface area (Å²) in [5, 5.41) is 0.977. The van der Waals surface area contributed by atoms with Gasteiger partial charge in [-0.3, -0.25) is 4.79 Å². The maximum atomic E-state index is 11.4. The maximum absolute atomic E-state index is 11.4. The van der Waals surface area contributed by atoms with Crippen molar-refractivity contribution in [2.45, 2.75) is 19.8 Å². The van der Waals surface area contributed by atoms with Crippen molar-refractivity contribution in [1.82, 2.24) is 4.98 Å². The molecule has 20 heavy (non-hydrogen) atoms. The van der Waals surface area contributed by atoms with Gasteiger partial charge in [-0.25, -0.2) is 0 Å². The van der Waals surface area contributed by atoms with Gasteiger partial charge in [0.25, 0.3) is 0 Å². The summed E-state index contributed by atoms with van der Waals surface area (Å²) in [5.74, 6) is 0.511. The number of fused-ring (bicyclic) bond motifs is 1. The molecule has 0 fully saturated rings. The van der Waals surface area contributed by atoms with E-state index in [1.807, 2.05) is 24.3 Å². The Bertz CT molecular complexity index is 751. The van der Waals surface area contributed by atoms with E-state index in [4.69, 9.17) is 0 Å². The molecule has 0 saturated heterocycles. The Balaban J connectivity index is 2.16. The van der Waals surface area contributed by atoms with Gasteiger partial charge in [-0.1, -0.05) is 56.3 Å². The number of benzene rings is 2. The standard InChI is InChI=1S/C18H17NO/c1-12(2)13-7-9-14(10-8-13)18-16(11-20)15-5-3-4-6-17(15)19-18/h3-12,19H,1-2H3. The topological polar surface area (TPSA) is 32.9 Å². The first-order valence-corrected chi connectivity index (χ1v) is 6.87. The molecule has 0 aliphatic heterocycles. The third-order valence-corrected chi connectivity index (χ3v) is 3.73. The van der Waals surface area contributed by atoms with E-state index in [0.29, 0.717) is 5.92 Å². The first kappa shape index (κ1) is 12.7. The molecular formula is C18H17NO. The van der Waals surface area contributed by atoms with Crippen LogP contribution in [0.3, 0.4) is 0 Å². The first-order valence-electron chi connectivity index (χ1n) is 6.87. The Morgan fingerprint density at radius 3 is 2.35 bits per heavy atom. The van der Waals surface area contributed by atoms with Gasteiger partial charge in [-0.15, -0.1) is 0 Å². The predicted molar refractivity (Wildman–Crippen MR) is 83.2 cm³/mol. The lowest BCUT2D eigenvalue weighted by molar-refractivity contribution is 0.112. The molecule has 0 aliphatic carbocycles. The van der Waals surface area contributed by atoms with Gasteiger partial charge < -0.3 is 4.98 Å². The van der Waals surface area contributed by atoms with Crippen molar-refractivity contribution in [3.8, 4) is 11.3 Å². The summed E-state index contributed by atoms with van der Waals surface area (Å²) in [5.41, 5.74) is 4.98. The Labute approximate surface area is 118 Å². The Kier molecular flexibility index (Phi) is 3.15. The molecular weight excluding hydrogens is 246 g/mol. The van der Waals surface area contributed by atoms with Crippen LogP contribution in [0.1, 0.15) is 35.7 Å². The van der Waals surface area contributed by atoms with Gasteiger partial charge in [0.15, 0.2) is 6.29 Å². The summed E-state index contributed by atoms with van der Waals surface area (Å²) >= 11 is 0. The fourth-order valence-electron chi connectivity index (χ4n) is 2.55. The van der Waals surface area contributed by atoms with Crippen LogP contribution in [0.2, 0.25) is 0 Å². The van der Waals surface area contributed by atoms with Gasteiger partial charge in [0.05, 0.1) is 5.69 Å². The number of carbonyl (C=O) groups is 1. The Morgan fingerprint density at radius 2 is 1.70 bits per heavy atom. The minimum Gasteiger partial charge on any atom is -0.354 e. The van der Waals surface area contributed by atoms with Crippen LogP contribution in [0.15, 0.2) is 48.5 Å². The molecule has 100 valence electrons. The number of aromatic nitrogens is 1. The van der Waals surface area contributed by atoms with Crippen molar-refractivity contribution in [3.05, 3.63) is 59.7 Å². The minimum atomic E-state index is 0.511. The van der Waals surface area contributed by atoms with Crippen molar-refractivity contribution < 1.29 is 4.79 Å². The number of aromatic amines is 1. The van der Waals surface area contributed by atoms with E-state index in [1.165, 1.54) is 5.56 Å². The average Bonchev–Trinajstić information content (AvgIpc) is 2.85. The number of para-hydroxylation sites is 1. The minimum absolute atomic E-state index is 0.511. The van der Waals surface area contributed by atoms with Crippen LogP contribution in [0.25, 0.3) is 22.2 Å². The van der Waals surface area contributed by atoms with Crippen LogP contribution in [-0.4, -0.2) is 11.3 Å². The molecule has 3 rings (SSSR count). The van der Waals surface area contributed by atoms with Crippen LogP contribution in [0.4, 0.5) is 0 Å². The van der Waals surface area contributed by atoms with E-state index in [1.54, 1.807) is 0 Å². The molecule has 0 aliphatic rings. The normalized spacial score (nSPS) is 11.2. The van der Waals surface area contributed by atoms with Crippen LogP contribution in [0, 0.1) is 0 Å². The van der Waals surface area contributed by atoms with Gasteiger partial charge in [0.1, 0.15) is 0 Å². The van der Waals surface area contributed by atoms with Crippen molar-refractivity contribution in [3.63, 3.8) is 0 Å². The molecule has 2 nitrogen and oxygen atoms in total. The lowest BCUT2D eigenvalue weighted by Gasteiger charge is -2.06. The molecule has 3 aromatic rings. The van der Waals surface area contributed by atoms with Gasteiger partial charge >= 0.3 is 0 Å². The maximum Gasteiger partial charge on any atom is 0.152 e. The molecule has 0 bridgehead atoms. The highest BCUT2D eigenvalue weighted by Crippen LogP contribution is 2.29. The number of hydrogen-bond acceptors (Lipinski definition) is 1. The second-order valence-corrected chi connectivity index (χ2v) is 5.35. The monoisotopic (exact) mass is 263 g/mol. The zero-order chi connectivity index (χ0) is 14.1.